The molecule has 20 heavy (non-hydrogen) atoms. The van der Waals surface area contributed by atoms with Crippen molar-refractivity contribution in [3.05, 3.63) is 36.0 Å². The molecule has 1 amide bonds. The third-order valence-corrected chi connectivity index (χ3v) is 4.34. The first kappa shape index (κ1) is 15.2. The first-order chi connectivity index (χ1) is 9.34. The van der Waals surface area contributed by atoms with Crippen LogP contribution >= 0.6 is 24.2 Å². The van der Waals surface area contributed by atoms with Crippen molar-refractivity contribution in [2.45, 2.75) is 12.5 Å². The quantitative estimate of drug-likeness (QED) is 0.808. The molecule has 1 aromatic carbocycles. The number of halogens is 1. The molecular weight excluding hydrogens is 294 g/mol. The number of para-hydroxylation sites is 1. The summed E-state index contributed by atoms with van der Waals surface area (Å²) in [5.74, 6) is 1.87. The van der Waals surface area contributed by atoms with Crippen LogP contribution in [-0.2, 0) is 11.2 Å². The Morgan fingerprint density at radius 2 is 2.25 bits per heavy atom. The average Bonchev–Trinajstić information content (AvgIpc) is 3.08. The molecule has 1 aliphatic heterocycles. The number of fused-ring (bicyclic) bond motifs is 1. The minimum atomic E-state index is -0.0204. The maximum absolute atomic E-state index is 11.8. The zero-order chi connectivity index (χ0) is 13.1. The number of thioether (sulfide) groups is 1. The van der Waals surface area contributed by atoms with Gasteiger partial charge in [-0.15, -0.1) is 24.2 Å². The zero-order valence-electron chi connectivity index (χ0n) is 11.0. The number of nitrogens with one attached hydrogen (secondary N) is 3. The maximum atomic E-state index is 11.8. The van der Waals surface area contributed by atoms with Crippen LogP contribution in [0.1, 0.15) is 5.56 Å². The molecule has 0 aliphatic carbocycles. The first-order valence-corrected chi connectivity index (χ1v) is 7.64. The van der Waals surface area contributed by atoms with E-state index in [0.29, 0.717) is 6.54 Å². The van der Waals surface area contributed by atoms with E-state index < -0.39 is 0 Å². The number of amides is 1. The van der Waals surface area contributed by atoms with Gasteiger partial charge in [-0.05, 0) is 18.1 Å². The van der Waals surface area contributed by atoms with Gasteiger partial charge in [-0.25, -0.2) is 0 Å². The highest BCUT2D eigenvalue weighted by atomic mass is 35.5. The van der Waals surface area contributed by atoms with Crippen LogP contribution in [0.5, 0.6) is 0 Å². The number of rotatable bonds is 4. The summed E-state index contributed by atoms with van der Waals surface area (Å²) in [4.78, 5) is 15.1. The standard InChI is InChI=1S/C14H17N3OS.ClH/c18-14(13-8-19-9-17-13)15-6-5-10-7-16-12-4-2-1-3-11(10)12;/h1-4,7,13,16-17H,5-6,8-9H2,(H,15,18);1H. The lowest BCUT2D eigenvalue weighted by molar-refractivity contribution is -0.122. The van der Waals surface area contributed by atoms with Gasteiger partial charge in [0.2, 0.25) is 5.91 Å². The molecule has 2 aromatic rings. The molecule has 1 unspecified atom stereocenters. The molecule has 1 fully saturated rings. The number of H-pyrrole nitrogens is 1. The van der Waals surface area contributed by atoms with E-state index >= 15 is 0 Å². The van der Waals surface area contributed by atoms with Crippen LogP contribution in [-0.4, -0.2) is 35.1 Å². The summed E-state index contributed by atoms with van der Waals surface area (Å²) in [7, 11) is 0. The first-order valence-electron chi connectivity index (χ1n) is 6.48. The highest BCUT2D eigenvalue weighted by Gasteiger charge is 2.21. The Labute approximate surface area is 128 Å². The molecule has 3 N–H and O–H groups in total. The Kier molecular flexibility index (Phi) is 5.34. The van der Waals surface area contributed by atoms with E-state index in [9.17, 15) is 4.79 Å². The second kappa shape index (κ2) is 7.02. The monoisotopic (exact) mass is 311 g/mol. The summed E-state index contributed by atoms with van der Waals surface area (Å²) in [5, 5.41) is 7.42. The molecule has 0 spiro atoms. The van der Waals surface area contributed by atoms with Crippen molar-refractivity contribution >= 4 is 41.0 Å². The van der Waals surface area contributed by atoms with Gasteiger partial charge < -0.3 is 10.3 Å². The SMILES string of the molecule is Cl.O=C(NCCc1c[nH]c2ccccc12)C1CSCN1. The number of benzene rings is 1. The molecule has 1 aromatic heterocycles. The van der Waals surface area contributed by atoms with Crippen LogP contribution < -0.4 is 10.6 Å². The Hall–Kier alpha value is -1.17. The van der Waals surface area contributed by atoms with Gasteiger partial charge in [0, 0.05) is 35.3 Å². The van der Waals surface area contributed by atoms with E-state index in [2.05, 4.69) is 27.8 Å². The van der Waals surface area contributed by atoms with E-state index in [1.165, 1.54) is 10.9 Å². The number of carbonyl (C=O) groups excluding carboxylic acids is 1. The second-order valence-electron chi connectivity index (χ2n) is 4.67. The topological polar surface area (TPSA) is 56.9 Å². The molecule has 2 heterocycles. The predicted octanol–water partition coefficient (Wildman–Crippen LogP) is 1.91. The van der Waals surface area contributed by atoms with Crippen LogP contribution in [0.2, 0.25) is 0 Å². The second-order valence-corrected chi connectivity index (χ2v) is 5.70. The predicted molar refractivity (Wildman–Crippen MR) is 86.5 cm³/mol. The lowest BCUT2D eigenvalue weighted by Crippen LogP contribution is -2.42. The molecule has 1 saturated heterocycles. The number of aromatic nitrogens is 1. The molecule has 108 valence electrons. The lowest BCUT2D eigenvalue weighted by atomic mass is 10.1. The molecule has 0 bridgehead atoms. The van der Waals surface area contributed by atoms with Crippen LogP contribution in [0, 0.1) is 0 Å². The fourth-order valence-corrected chi connectivity index (χ4v) is 3.29. The Bertz CT molecular complexity index is 581. The summed E-state index contributed by atoms with van der Waals surface area (Å²) >= 11 is 1.77. The van der Waals surface area contributed by atoms with E-state index in [-0.39, 0.29) is 24.4 Å². The van der Waals surface area contributed by atoms with Gasteiger partial charge in [-0.1, -0.05) is 18.2 Å². The fourth-order valence-electron chi connectivity index (χ4n) is 2.35. The smallest absolute Gasteiger partial charge is 0.238 e. The summed E-state index contributed by atoms with van der Waals surface area (Å²) in [6, 6.07) is 8.22. The maximum Gasteiger partial charge on any atom is 0.238 e. The molecular formula is C14H18ClN3OS. The summed E-state index contributed by atoms with van der Waals surface area (Å²) in [6.07, 6.45) is 2.89. The molecule has 3 rings (SSSR count). The summed E-state index contributed by atoms with van der Waals surface area (Å²) in [6.45, 7) is 0.684. The van der Waals surface area contributed by atoms with Crippen LogP contribution in [0.15, 0.2) is 30.5 Å². The molecule has 0 radical (unpaired) electrons. The number of hydrogen-bond donors (Lipinski definition) is 3. The van der Waals surface area contributed by atoms with Gasteiger partial charge >= 0.3 is 0 Å². The van der Waals surface area contributed by atoms with Crippen molar-refractivity contribution in [1.29, 1.82) is 0 Å². The Morgan fingerprint density at radius 3 is 3.05 bits per heavy atom. The van der Waals surface area contributed by atoms with Gasteiger partial charge in [-0.2, -0.15) is 0 Å². The minimum Gasteiger partial charge on any atom is -0.361 e. The highest BCUT2D eigenvalue weighted by Crippen LogP contribution is 2.17. The Morgan fingerprint density at radius 1 is 1.40 bits per heavy atom. The summed E-state index contributed by atoms with van der Waals surface area (Å²) in [5.41, 5.74) is 2.40. The summed E-state index contributed by atoms with van der Waals surface area (Å²) < 4.78 is 0. The largest absolute Gasteiger partial charge is 0.361 e. The normalized spacial score (nSPS) is 17.9. The van der Waals surface area contributed by atoms with Gasteiger partial charge in [0.05, 0.1) is 6.04 Å². The van der Waals surface area contributed by atoms with Crippen molar-refractivity contribution in [1.82, 2.24) is 15.6 Å². The number of hydrogen-bond acceptors (Lipinski definition) is 3. The highest BCUT2D eigenvalue weighted by molar-refractivity contribution is 7.99. The fraction of sp³-hybridized carbons (Fsp3) is 0.357. The van der Waals surface area contributed by atoms with Crippen molar-refractivity contribution in [2.75, 3.05) is 18.2 Å². The third-order valence-electron chi connectivity index (χ3n) is 3.40. The molecule has 0 saturated carbocycles. The Balaban J connectivity index is 0.00000147. The zero-order valence-corrected chi connectivity index (χ0v) is 12.7. The van der Waals surface area contributed by atoms with Crippen molar-refractivity contribution in [3.8, 4) is 0 Å². The average molecular weight is 312 g/mol. The lowest BCUT2D eigenvalue weighted by Gasteiger charge is -2.09. The van der Waals surface area contributed by atoms with Gasteiger partial charge in [-0.3, -0.25) is 10.1 Å². The van der Waals surface area contributed by atoms with Crippen LogP contribution in [0.3, 0.4) is 0 Å². The number of carbonyl (C=O) groups is 1. The van der Waals surface area contributed by atoms with E-state index in [0.717, 1.165) is 23.6 Å². The van der Waals surface area contributed by atoms with Gasteiger partial charge in [0.25, 0.3) is 0 Å². The van der Waals surface area contributed by atoms with Crippen molar-refractivity contribution in [2.24, 2.45) is 0 Å². The van der Waals surface area contributed by atoms with Crippen LogP contribution in [0.25, 0.3) is 10.9 Å². The van der Waals surface area contributed by atoms with E-state index in [4.69, 9.17) is 0 Å². The van der Waals surface area contributed by atoms with Crippen molar-refractivity contribution < 1.29 is 4.79 Å². The van der Waals surface area contributed by atoms with E-state index in [1.807, 2.05) is 18.3 Å². The van der Waals surface area contributed by atoms with Gasteiger partial charge in [0.15, 0.2) is 0 Å². The third kappa shape index (κ3) is 3.29. The van der Waals surface area contributed by atoms with Crippen LogP contribution in [0.4, 0.5) is 0 Å². The van der Waals surface area contributed by atoms with Gasteiger partial charge in [0.1, 0.15) is 0 Å². The molecule has 1 atom stereocenters. The van der Waals surface area contributed by atoms with E-state index in [1.54, 1.807) is 11.8 Å². The molecule has 6 heteroatoms. The van der Waals surface area contributed by atoms with Crippen molar-refractivity contribution in [3.63, 3.8) is 0 Å². The number of aromatic amines is 1. The molecule has 4 nitrogen and oxygen atoms in total. The molecule has 1 aliphatic rings. The minimum absolute atomic E-state index is 0.